The molecule has 0 aliphatic carbocycles. The molecular formula is C22H24N6O2S. The Kier molecular flexibility index (Phi) is 7.04. The number of hydrogen-bond donors (Lipinski definition) is 0. The van der Waals surface area contributed by atoms with Crippen LogP contribution in [0.2, 0.25) is 0 Å². The highest BCUT2D eigenvalue weighted by molar-refractivity contribution is 7.13. The van der Waals surface area contributed by atoms with E-state index in [1.165, 1.54) is 0 Å². The molecule has 1 amide bonds. The average Bonchev–Trinajstić information content (AvgIpc) is 3.48. The number of aromatic nitrogens is 2. The van der Waals surface area contributed by atoms with Crippen molar-refractivity contribution in [2.24, 2.45) is 0 Å². The monoisotopic (exact) mass is 436 g/mol. The van der Waals surface area contributed by atoms with Gasteiger partial charge in [0.05, 0.1) is 30.5 Å². The standard InChI is InChI=1S/C22H24N6O2S/c23-9-5-10-28(18-6-2-1-3-7-18)21(29)17-27-13-11-26(12-14-27)16-20-24-22(25-30-20)19-8-4-15-31-19/h1-4,6-8,15H,5,10-14,16-17H2. The second-order valence-corrected chi connectivity index (χ2v) is 8.28. The number of hydrogen-bond acceptors (Lipinski definition) is 8. The van der Waals surface area contributed by atoms with Crippen LogP contribution in [0, 0.1) is 11.3 Å². The number of benzene rings is 1. The van der Waals surface area contributed by atoms with Crippen LogP contribution in [0.25, 0.3) is 10.7 Å². The fourth-order valence-electron chi connectivity index (χ4n) is 3.57. The van der Waals surface area contributed by atoms with Crippen LogP contribution in [0.1, 0.15) is 12.3 Å². The molecule has 3 heterocycles. The second-order valence-electron chi connectivity index (χ2n) is 7.33. The highest BCUT2D eigenvalue weighted by Gasteiger charge is 2.23. The zero-order valence-corrected chi connectivity index (χ0v) is 18.0. The lowest BCUT2D eigenvalue weighted by molar-refractivity contribution is -0.120. The zero-order valence-electron chi connectivity index (χ0n) is 17.2. The van der Waals surface area contributed by atoms with Crippen molar-refractivity contribution in [3.63, 3.8) is 0 Å². The van der Waals surface area contributed by atoms with Crippen molar-refractivity contribution < 1.29 is 9.32 Å². The van der Waals surface area contributed by atoms with Gasteiger partial charge >= 0.3 is 0 Å². The summed E-state index contributed by atoms with van der Waals surface area (Å²) < 4.78 is 5.40. The summed E-state index contributed by atoms with van der Waals surface area (Å²) in [6.45, 7) is 4.59. The van der Waals surface area contributed by atoms with Gasteiger partial charge in [0, 0.05) is 38.4 Å². The molecule has 1 aliphatic heterocycles. The molecule has 0 bridgehead atoms. The van der Waals surface area contributed by atoms with E-state index in [9.17, 15) is 4.79 Å². The van der Waals surface area contributed by atoms with E-state index in [0.717, 1.165) is 36.7 Å². The first-order valence-electron chi connectivity index (χ1n) is 10.3. The van der Waals surface area contributed by atoms with Crippen molar-refractivity contribution in [2.75, 3.05) is 44.2 Å². The van der Waals surface area contributed by atoms with Gasteiger partial charge in [0.15, 0.2) is 0 Å². The normalized spacial score (nSPS) is 14.9. The third-order valence-corrected chi connectivity index (χ3v) is 6.07. The number of amides is 1. The maximum atomic E-state index is 12.9. The summed E-state index contributed by atoms with van der Waals surface area (Å²) in [4.78, 5) is 24.6. The van der Waals surface area contributed by atoms with Gasteiger partial charge in [-0.05, 0) is 23.6 Å². The number of thiophene rings is 1. The molecule has 160 valence electrons. The Morgan fingerprint density at radius 2 is 1.90 bits per heavy atom. The van der Waals surface area contributed by atoms with Crippen LogP contribution in [0.15, 0.2) is 52.4 Å². The van der Waals surface area contributed by atoms with Crippen LogP contribution in [-0.4, -0.2) is 65.1 Å². The number of rotatable bonds is 8. The molecule has 3 aromatic rings. The number of nitriles is 1. The van der Waals surface area contributed by atoms with Crippen molar-refractivity contribution in [3.05, 3.63) is 53.7 Å². The predicted octanol–water partition coefficient (Wildman–Crippen LogP) is 2.86. The fourth-order valence-corrected chi connectivity index (χ4v) is 4.22. The van der Waals surface area contributed by atoms with Gasteiger partial charge in [-0.25, -0.2) is 0 Å². The smallest absolute Gasteiger partial charge is 0.241 e. The third-order valence-electron chi connectivity index (χ3n) is 5.21. The number of para-hydroxylation sites is 1. The molecule has 2 aromatic heterocycles. The molecule has 1 aliphatic rings. The van der Waals surface area contributed by atoms with E-state index in [2.05, 4.69) is 26.0 Å². The van der Waals surface area contributed by atoms with Gasteiger partial charge in [0.2, 0.25) is 17.6 Å². The third kappa shape index (κ3) is 5.55. The Balaban J connectivity index is 1.28. The van der Waals surface area contributed by atoms with Crippen molar-refractivity contribution >= 4 is 22.9 Å². The molecule has 31 heavy (non-hydrogen) atoms. The van der Waals surface area contributed by atoms with E-state index in [0.29, 0.717) is 37.8 Å². The SMILES string of the molecule is N#CCCN(C(=O)CN1CCN(Cc2nc(-c3cccs3)no2)CC1)c1ccccc1. The Morgan fingerprint density at radius 1 is 1.13 bits per heavy atom. The molecule has 9 heteroatoms. The number of piperazine rings is 1. The van der Waals surface area contributed by atoms with E-state index in [1.807, 2.05) is 47.8 Å². The molecule has 0 spiro atoms. The molecular weight excluding hydrogens is 412 g/mol. The van der Waals surface area contributed by atoms with Crippen LogP contribution in [0.3, 0.4) is 0 Å². The summed E-state index contributed by atoms with van der Waals surface area (Å²) in [7, 11) is 0. The molecule has 0 saturated carbocycles. The van der Waals surface area contributed by atoms with E-state index in [4.69, 9.17) is 9.78 Å². The first-order chi connectivity index (χ1) is 15.2. The topological polar surface area (TPSA) is 89.5 Å². The summed E-state index contributed by atoms with van der Waals surface area (Å²) in [6, 6.07) is 15.6. The molecule has 1 saturated heterocycles. The molecule has 8 nitrogen and oxygen atoms in total. The zero-order chi connectivity index (χ0) is 21.5. The minimum Gasteiger partial charge on any atom is -0.338 e. The number of carbonyl (C=O) groups is 1. The second kappa shape index (κ2) is 10.3. The quantitative estimate of drug-likeness (QED) is 0.536. The highest BCUT2D eigenvalue weighted by atomic mass is 32.1. The minimum absolute atomic E-state index is 0.0207. The maximum absolute atomic E-state index is 12.9. The minimum atomic E-state index is 0.0207. The lowest BCUT2D eigenvalue weighted by Crippen LogP contribution is -2.50. The van der Waals surface area contributed by atoms with Gasteiger partial charge < -0.3 is 9.42 Å². The van der Waals surface area contributed by atoms with E-state index in [-0.39, 0.29) is 5.91 Å². The van der Waals surface area contributed by atoms with Crippen LogP contribution < -0.4 is 4.90 Å². The maximum Gasteiger partial charge on any atom is 0.241 e. The van der Waals surface area contributed by atoms with Gasteiger partial charge in [-0.3, -0.25) is 14.6 Å². The van der Waals surface area contributed by atoms with Gasteiger partial charge in [0.1, 0.15) is 0 Å². The molecule has 0 unspecified atom stereocenters. The Bertz CT molecular complexity index is 1010. The lowest BCUT2D eigenvalue weighted by Gasteiger charge is -2.34. The Labute approximate surface area is 185 Å². The highest BCUT2D eigenvalue weighted by Crippen LogP contribution is 2.22. The van der Waals surface area contributed by atoms with Crippen molar-refractivity contribution in [1.29, 1.82) is 5.26 Å². The summed E-state index contributed by atoms with van der Waals surface area (Å²) in [5, 5.41) is 15.0. The summed E-state index contributed by atoms with van der Waals surface area (Å²) in [5.41, 5.74) is 0.833. The molecule has 1 fully saturated rings. The molecule has 0 N–H and O–H groups in total. The largest absolute Gasteiger partial charge is 0.338 e. The van der Waals surface area contributed by atoms with Crippen LogP contribution in [0.5, 0.6) is 0 Å². The summed E-state index contributed by atoms with van der Waals surface area (Å²) in [5.74, 6) is 1.26. The van der Waals surface area contributed by atoms with E-state index in [1.54, 1.807) is 16.2 Å². The first-order valence-corrected chi connectivity index (χ1v) is 11.1. The van der Waals surface area contributed by atoms with Gasteiger partial charge in [-0.2, -0.15) is 10.2 Å². The molecule has 0 radical (unpaired) electrons. The van der Waals surface area contributed by atoms with Crippen LogP contribution >= 0.6 is 11.3 Å². The van der Waals surface area contributed by atoms with Crippen molar-refractivity contribution in [2.45, 2.75) is 13.0 Å². The van der Waals surface area contributed by atoms with Gasteiger partial charge in [0.25, 0.3) is 0 Å². The summed E-state index contributed by atoms with van der Waals surface area (Å²) >= 11 is 1.59. The lowest BCUT2D eigenvalue weighted by atomic mass is 10.2. The van der Waals surface area contributed by atoms with E-state index >= 15 is 0 Å². The van der Waals surface area contributed by atoms with Crippen molar-refractivity contribution in [1.82, 2.24) is 19.9 Å². The van der Waals surface area contributed by atoms with Gasteiger partial charge in [-0.1, -0.05) is 29.4 Å². The molecule has 0 atom stereocenters. The number of nitrogens with zero attached hydrogens (tertiary/aromatic N) is 6. The predicted molar refractivity (Wildman–Crippen MR) is 118 cm³/mol. The van der Waals surface area contributed by atoms with Gasteiger partial charge in [-0.15, -0.1) is 11.3 Å². The fraction of sp³-hybridized carbons (Fsp3) is 0.364. The number of carbonyl (C=O) groups excluding carboxylic acids is 1. The Morgan fingerprint density at radius 3 is 2.61 bits per heavy atom. The Hall–Kier alpha value is -3.06. The molecule has 4 rings (SSSR count). The number of anilines is 1. The first kappa shape index (κ1) is 21.2. The van der Waals surface area contributed by atoms with Crippen molar-refractivity contribution in [3.8, 4) is 16.8 Å². The van der Waals surface area contributed by atoms with Crippen LogP contribution in [-0.2, 0) is 11.3 Å². The summed E-state index contributed by atoms with van der Waals surface area (Å²) in [6.07, 6.45) is 0.312. The van der Waals surface area contributed by atoms with Crippen LogP contribution in [0.4, 0.5) is 5.69 Å². The average molecular weight is 437 g/mol. The van der Waals surface area contributed by atoms with E-state index < -0.39 is 0 Å². The molecule has 1 aromatic carbocycles.